The highest BCUT2D eigenvalue weighted by Gasteiger charge is 2.21. The minimum Gasteiger partial charge on any atom is -0.481 e. The van der Waals surface area contributed by atoms with E-state index in [-0.39, 0.29) is 12.5 Å². The van der Waals surface area contributed by atoms with Crippen molar-refractivity contribution in [3.05, 3.63) is 125 Å². The van der Waals surface area contributed by atoms with Crippen molar-refractivity contribution in [2.45, 2.75) is 39.3 Å². The quantitative estimate of drug-likeness (QED) is 0.288. The van der Waals surface area contributed by atoms with Crippen molar-refractivity contribution < 1.29 is 9.90 Å². The number of hydrogen-bond acceptors (Lipinski definition) is 2. The number of nitrogens with zero attached hydrogens (tertiary/aromatic N) is 1. The SMILES string of the molecule is Cc1ccccc1-c1ccc(CCC(=O)O)c(N(Cc2ccccc2)[C@H](C)c2ccccc2)c1. The molecule has 4 rings (SSSR count). The molecule has 0 bridgehead atoms. The molecule has 0 aliphatic carbocycles. The van der Waals surface area contributed by atoms with Gasteiger partial charge in [-0.25, -0.2) is 0 Å². The molecule has 3 nitrogen and oxygen atoms in total. The molecule has 172 valence electrons. The molecule has 0 saturated heterocycles. The molecule has 34 heavy (non-hydrogen) atoms. The molecule has 1 N–H and O–H groups in total. The van der Waals surface area contributed by atoms with Gasteiger partial charge in [0.05, 0.1) is 6.04 Å². The van der Waals surface area contributed by atoms with E-state index in [9.17, 15) is 9.90 Å². The van der Waals surface area contributed by atoms with Crippen molar-refractivity contribution in [2.75, 3.05) is 4.90 Å². The van der Waals surface area contributed by atoms with Crippen LogP contribution in [-0.4, -0.2) is 11.1 Å². The van der Waals surface area contributed by atoms with Crippen molar-refractivity contribution >= 4 is 11.7 Å². The molecule has 0 spiro atoms. The lowest BCUT2D eigenvalue weighted by Gasteiger charge is -2.34. The van der Waals surface area contributed by atoms with E-state index in [2.05, 4.69) is 110 Å². The second-order valence-electron chi connectivity index (χ2n) is 8.75. The molecule has 0 aliphatic heterocycles. The van der Waals surface area contributed by atoms with Crippen molar-refractivity contribution in [2.24, 2.45) is 0 Å². The Bertz CT molecular complexity index is 1230. The predicted molar refractivity (Wildman–Crippen MR) is 140 cm³/mol. The Labute approximate surface area is 202 Å². The van der Waals surface area contributed by atoms with Crippen LogP contribution in [0.25, 0.3) is 11.1 Å². The van der Waals surface area contributed by atoms with Crippen LogP contribution in [-0.2, 0) is 17.8 Å². The molecule has 4 aromatic carbocycles. The number of hydrogen-bond donors (Lipinski definition) is 1. The molecule has 0 radical (unpaired) electrons. The predicted octanol–water partition coefficient (Wildman–Crippen LogP) is 7.45. The molecule has 0 aromatic heterocycles. The smallest absolute Gasteiger partial charge is 0.303 e. The second-order valence-corrected chi connectivity index (χ2v) is 8.75. The van der Waals surface area contributed by atoms with Crippen molar-refractivity contribution in [3.63, 3.8) is 0 Å². The normalized spacial score (nSPS) is 11.7. The first-order chi connectivity index (χ1) is 16.5. The topological polar surface area (TPSA) is 40.5 Å². The van der Waals surface area contributed by atoms with Gasteiger partial charge in [-0.2, -0.15) is 0 Å². The first-order valence-electron chi connectivity index (χ1n) is 11.8. The molecule has 0 aliphatic rings. The summed E-state index contributed by atoms with van der Waals surface area (Å²) < 4.78 is 0. The zero-order valence-corrected chi connectivity index (χ0v) is 19.8. The summed E-state index contributed by atoms with van der Waals surface area (Å²) in [6.45, 7) is 5.08. The molecular weight excluding hydrogens is 418 g/mol. The van der Waals surface area contributed by atoms with Gasteiger partial charge in [0.15, 0.2) is 0 Å². The summed E-state index contributed by atoms with van der Waals surface area (Å²) in [7, 11) is 0. The number of aliphatic carboxylic acids is 1. The lowest BCUT2D eigenvalue weighted by atomic mass is 9.95. The minimum absolute atomic E-state index is 0.107. The van der Waals surface area contributed by atoms with Crippen LogP contribution in [0.2, 0.25) is 0 Å². The zero-order chi connectivity index (χ0) is 23.9. The summed E-state index contributed by atoms with van der Waals surface area (Å²) in [6, 6.07) is 35.9. The van der Waals surface area contributed by atoms with E-state index < -0.39 is 5.97 Å². The molecule has 4 aromatic rings. The average Bonchev–Trinajstić information content (AvgIpc) is 2.87. The molecule has 0 unspecified atom stereocenters. The maximum absolute atomic E-state index is 11.4. The van der Waals surface area contributed by atoms with Crippen molar-refractivity contribution in [1.29, 1.82) is 0 Å². The molecule has 0 fully saturated rings. The van der Waals surface area contributed by atoms with Gasteiger partial charge >= 0.3 is 5.97 Å². The summed E-state index contributed by atoms with van der Waals surface area (Å²) in [6.07, 6.45) is 0.598. The largest absolute Gasteiger partial charge is 0.481 e. The number of carboxylic acids is 1. The number of rotatable bonds is 9. The van der Waals surface area contributed by atoms with E-state index in [1.807, 2.05) is 12.1 Å². The Morgan fingerprint density at radius 2 is 1.50 bits per heavy atom. The van der Waals surface area contributed by atoms with Gasteiger partial charge in [0, 0.05) is 18.7 Å². The van der Waals surface area contributed by atoms with Crippen LogP contribution >= 0.6 is 0 Å². The summed E-state index contributed by atoms with van der Waals surface area (Å²) in [5, 5.41) is 9.38. The number of benzene rings is 4. The highest BCUT2D eigenvalue weighted by atomic mass is 16.4. The van der Waals surface area contributed by atoms with Gasteiger partial charge in [0.2, 0.25) is 0 Å². The summed E-state index contributed by atoms with van der Waals surface area (Å²) in [5.74, 6) is -0.778. The molecule has 0 amide bonds. The van der Waals surface area contributed by atoms with Crippen LogP contribution in [0.15, 0.2) is 103 Å². The van der Waals surface area contributed by atoms with E-state index in [0.29, 0.717) is 6.42 Å². The Morgan fingerprint density at radius 3 is 2.18 bits per heavy atom. The van der Waals surface area contributed by atoms with Gasteiger partial charge < -0.3 is 10.0 Å². The first-order valence-corrected chi connectivity index (χ1v) is 11.8. The van der Waals surface area contributed by atoms with Crippen LogP contribution in [0, 0.1) is 6.92 Å². The van der Waals surface area contributed by atoms with Crippen molar-refractivity contribution in [1.82, 2.24) is 0 Å². The van der Waals surface area contributed by atoms with E-state index in [0.717, 1.165) is 23.4 Å². The molecule has 0 saturated carbocycles. The fraction of sp³-hybridized carbons (Fsp3) is 0.194. The van der Waals surface area contributed by atoms with Gasteiger partial charge in [-0.05, 0) is 59.7 Å². The second kappa shape index (κ2) is 10.8. The summed E-state index contributed by atoms with van der Waals surface area (Å²) in [4.78, 5) is 13.8. The van der Waals surface area contributed by atoms with E-state index in [1.54, 1.807) is 0 Å². The van der Waals surface area contributed by atoms with E-state index in [4.69, 9.17) is 0 Å². The molecular formula is C31H31NO2. The third kappa shape index (κ3) is 5.55. The third-order valence-corrected chi connectivity index (χ3v) is 6.40. The zero-order valence-electron chi connectivity index (χ0n) is 19.8. The van der Waals surface area contributed by atoms with Gasteiger partial charge in [-0.15, -0.1) is 0 Å². The van der Waals surface area contributed by atoms with Gasteiger partial charge in [-0.3, -0.25) is 4.79 Å². The van der Waals surface area contributed by atoms with Crippen LogP contribution < -0.4 is 4.90 Å². The average molecular weight is 450 g/mol. The van der Waals surface area contributed by atoms with Crippen LogP contribution in [0.4, 0.5) is 5.69 Å². The first kappa shape index (κ1) is 23.3. The maximum Gasteiger partial charge on any atom is 0.303 e. The Hall–Kier alpha value is -3.85. The van der Waals surface area contributed by atoms with Gasteiger partial charge in [0.25, 0.3) is 0 Å². The molecule has 3 heteroatoms. The number of anilines is 1. The fourth-order valence-corrected chi connectivity index (χ4v) is 4.47. The van der Waals surface area contributed by atoms with Crippen LogP contribution in [0.5, 0.6) is 0 Å². The standard InChI is InChI=1S/C31H31NO2/c1-23-11-9-10-16-29(23)28-18-17-27(19-20-31(33)34)30(21-28)32(22-25-12-5-3-6-13-25)24(2)26-14-7-4-8-15-26/h3-18,21,24H,19-20,22H2,1-2H3,(H,33,34)/t24-/m1/s1. The minimum atomic E-state index is -0.778. The van der Waals surface area contributed by atoms with E-state index >= 15 is 0 Å². The lowest BCUT2D eigenvalue weighted by Crippen LogP contribution is -2.27. The monoisotopic (exact) mass is 449 g/mol. The van der Waals surface area contributed by atoms with Gasteiger partial charge in [0.1, 0.15) is 0 Å². The fourth-order valence-electron chi connectivity index (χ4n) is 4.47. The van der Waals surface area contributed by atoms with E-state index in [1.165, 1.54) is 22.3 Å². The Balaban J connectivity index is 1.84. The number of carbonyl (C=O) groups is 1. The summed E-state index contributed by atoms with van der Waals surface area (Å²) >= 11 is 0. The van der Waals surface area contributed by atoms with Crippen LogP contribution in [0.3, 0.4) is 0 Å². The number of carboxylic acid groups (broad SMARTS) is 1. The molecule has 1 atom stereocenters. The van der Waals surface area contributed by atoms with Crippen molar-refractivity contribution in [3.8, 4) is 11.1 Å². The highest BCUT2D eigenvalue weighted by Crippen LogP contribution is 2.36. The van der Waals surface area contributed by atoms with Crippen LogP contribution in [0.1, 0.15) is 41.6 Å². The lowest BCUT2D eigenvalue weighted by molar-refractivity contribution is -0.136. The Morgan fingerprint density at radius 1 is 0.853 bits per heavy atom. The highest BCUT2D eigenvalue weighted by molar-refractivity contribution is 5.74. The maximum atomic E-state index is 11.4. The Kier molecular flexibility index (Phi) is 7.44. The number of aryl methyl sites for hydroxylation is 2. The summed E-state index contributed by atoms with van der Waals surface area (Å²) in [5.41, 5.74) is 8.14. The third-order valence-electron chi connectivity index (χ3n) is 6.40. The molecule has 0 heterocycles. The van der Waals surface area contributed by atoms with Gasteiger partial charge in [-0.1, -0.05) is 97.1 Å².